The third-order valence-electron chi connectivity index (χ3n) is 5.63. The van der Waals surface area contributed by atoms with Crippen molar-refractivity contribution in [1.29, 1.82) is 0 Å². The number of halogens is 1. The highest BCUT2D eigenvalue weighted by Crippen LogP contribution is 2.33. The molecule has 4 rings (SSSR count). The highest BCUT2D eigenvalue weighted by atomic mass is 19.1. The minimum Gasteiger partial charge on any atom is -0.486 e. The summed E-state index contributed by atoms with van der Waals surface area (Å²) < 4.78 is 24.3. The van der Waals surface area contributed by atoms with Crippen LogP contribution in [0.15, 0.2) is 42.5 Å². The van der Waals surface area contributed by atoms with E-state index in [4.69, 9.17) is 9.47 Å². The Balaban J connectivity index is 1.38. The van der Waals surface area contributed by atoms with E-state index in [0.717, 1.165) is 31.5 Å². The van der Waals surface area contributed by atoms with E-state index < -0.39 is 0 Å². The number of rotatable bonds is 4. The number of hydrogen-bond acceptors (Lipinski definition) is 4. The van der Waals surface area contributed by atoms with Crippen molar-refractivity contribution < 1.29 is 18.7 Å². The first-order valence-electron chi connectivity index (χ1n) is 9.55. The first-order chi connectivity index (χ1) is 13.1. The first-order valence-corrected chi connectivity index (χ1v) is 9.55. The molecule has 1 fully saturated rings. The highest BCUT2D eigenvalue weighted by Gasteiger charge is 2.29. The number of fused-ring (bicyclic) bond motifs is 1. The zero-order chi connectivity index (χ0) is 18.8. The fourth-order valence-electron chi connectivity index (χ4n) is 3.93. The van der Waals surface area contributed by atoms with E-state index in [9.17, 15) is 9.18 Å². The van der Waals surface area contributed by atoms with Gasteiger partial charge in [-0.1, -0.05) is 12.1 Å². The fraction of sp³-hybridized carbons (Fsp3) is 0.409. The molecule has 0 saturated carbocycles. The number of benzene rings is 2. The summed E-state index contributed by atoms with van der Waals surface area (Å²) in [6.07, 6.45) is 1.66. The number of ketones is 1. The average molecular weight is 369 g/mol. The van der Waals surface area contributed by atoms with Gasteiger partial charge in [0.15, 0.2) is 17.3 Å². The summed E-state index contributed by atoms with van der Waals surface area (Å²) in [7, 11) is 0. The molecule has 1 unspecified atom stereocenters. The van der Waals surface area contributed by atoms with Crippen LogP contribution in [0.5, 0.6) is 11.5 Å². The Hall–Kier alpha value is -2.40. The summed E-state index contributed by atoms with van der Waals surface area (Å²) in [4.78, 5) is 15.3. The van der Waals surface area contributed by atoms with Crippen LogP contribution in [0.25, 0.3) is 0 Å². The lowest BCUT2D eigenvalue weighted by atomic mass is 9.88. The van der Waals surface area contributed by atoms with Gasteiger partial charge in [0, 0.05) is 17.5 Å². The van der Waals surface area contributed by atoms with Gasteiger partial charge in [0.05, 0.1) is 0 Å². The molecule has 0 amide bonds. The number of piperidine rings is 1. The Morgan fingerprint density at radius 1 is 1.04 bits per heavy atom. The van der Waals surface area contributed by atoms with Gasteiger partial charge >= 0.3 is 0 Å². The van der Waals surface area contributed by atoms with Gasteiger partial charge in [-0.3, -0.25) is 9.69 Å². The summed E-state index contributed by atoms with van der Waals surface area (Å²) in [6.45, 7) is 4.92. The number of carbonyl (C=O) groups is 1. The number of Topliss-reactive ketones (excluding diaryl/α,β-unsaturated/α-hetero) is 1. The molecule has 0 spiro atoms. The van der Waals surface area contributed by atoms with Crippen molar-refractivity contribution in [2.45, 2.75) is 25.8 Å². The standard InChI is InChI=1S/C22H24FNO3/c1-15(16-2-5-19(23)6-3-16)24-10-8-17(9-11-24)22(25)18-4-7-20-21(14-18)27-13-12-26-20/h2-7,14-15,17H,8-13H2,1H3. The van der Waals surface area contributed by atoms with Crippen molar-refractivity contribution in [3.05, 3.63) is 59.4 Å². The minimum absolute atomic E-state index is 0.0317. The van der Waals surface area contributed by atoms with Gasteiger partial charge in [0.25, 0.3) is 0 Å². The van der Waals surface area contributed by atoms with Gasteiger partial charge < -0.3 is 9.47 Å². The Labute approximate surface area is 158 Å². The zero-order valence-electron chi connectivity index (χ0n) is 15.5. The molecule has 2 aromatic carbocycles. The van der Waals surface area contributed by atoms with Crippen LogP contribution in [0.1, 0.15) is 41.7 Å². The maximum atomic E-state index is 13.1. The van der Waals surface area contributed by atoms with Crippen LogP contribution >= 0.6 is 0 Å². The van der Waals surface area contributed by atoms with E-state index in [-0.39, 0.29) is 23.6 Å². The summed E-state index contributed by atoms with van der Waals surface area (Å²) in [5.41, 5.74) is 1.80. The molecular weight excluding hydrogens is 345 g/mol. The van der Waals surface area contributed by atoms with Crippen molar-refractivity contribution in [1.82, 2.24) is 4.90 Å². The van der Waals surface area contributed by atoms with E-state index in [0.29, 0.717) is 30.3 Å². The lowest BCUT2D eigenvalue weighted by Crippen LogP contribution is -2.38. The number of nitrogens with zero attached hydrogens (tertiary/aromatic N) is 1. The van der Waals surface area contributed by atoms with E-state index in [1.807, 2.05) is 30.3 Å². The summed E-state index contributed by atoms with van der Waals surface area (Å²) >= 11 is 0. The summed E-state index contributed by atoms with van der Waals surface area (Å²) in [5.74, 6) is 1.37. The zero-order valence-corrected chi connectivity index (χ0v) is 15.5. The Morgan fingerprint density at radius 3 is 2.41 bits per heavy atom. The van der Waals surface area contributed by atoms with Crippen molar-refractivity contribution in [3.63, 3.8) is 0 Å². The molecule has 27 heavy (non-hydrogen) atoms. The second-order valence-corrected chi connectivity index (χ2v) is 7.26. The van der Waals surface area contributed by atoms with Crippen LogP contribution in [0.3, 0.4) is 0 Å². The Bertz CT molecular complexity index is 813. The van der Waals surface area contributed by atoms with E-state index in [2.05, 4.69) is 11.8 Å². The molecular formula is C22H24FNO3. The summed E-state index contributed by atoms with van der Waals surface area (Å²) in [5, 5.41) is 0. The summed E-state index contributed by atoms with van der Waals surface area (Å²) in [6, 6.07) is 12.4. The number of hydrogen-bond donors (Lipinski definition) is 0. The molecule has 0 N–H and O–H groups in total. The molecule has 0 bridgehead atoms. The number of likely N-dealkylation sites (tertiary alicyclic amines) is 1. The van der Waals surface area contributed by atoms with Crippen molar-refractivity contribution in [3.8, 4) is 11.5 Å². The third kappa shape index (κ3) is 3.83. The van der Waals surface area contributed by atoms with Crippen molar-refractivity contribution in [2.24, 2.45) is 5.92 Å². The fourth-order valence-corrected chi connectivity index (χ4v) is 3.93. The first kappa shape index (κ1) is 18.0. The van der Waals surface area contributed by atoms with Crippen LogP contribution in [-0.4, -0.2) is 37.0 Å². The normalized spacial score (nSPS) is 18.9. The largest absolute Gasteiger partial charge is 0.486 e. The second-order valence-electron chi connectivity index (χ2n) is 7.26. The molecule has 4 nitrogen and oxygen atoms in total. The lowest BCUT2D eigenvalue weighted by molar-refractivity contribution is 0.0800. The van der Waals surface area contributed by atoms with Crippen LogP contribution in [0, 0.1) is 11.7 Å². The van der Waals surface area contributed by atoms with Gasteiger partial charge in [-0.15, -0.1) is 0 Å². The van der Waals surface area contributed by atoms with Gasteiger partial charge in [0.2, 0.25) is 0 Å². The molecule has 0 aliphatic carbocycles. The molecule has 2 aliphatic rings. The monoisotopic (exact) mass is 369 g/mol. The second kappa shape index (κ2) is 7.69. The van der Waals surface area contributed by atoms with Crippen LogP contribution < -0.4 is 9.47 Å². The number of ether oxygens (including phenoxy) is 2. The van der Waals surface area contributed by atoms with Crippen LogP contribution in [-0.2, 0) is 0 Å². The smallest absolute Gasteiger partial charge is 0.166 e. The van der Waals surface area contributed by atoms with Gasteiger partial charge in [-0.2, -0.15) is 0 Å². The van der Waals surface area contributed by atoms with Crippen molar-refractivity contribution in [2.75, 3.05) is 26.3 Å². The van der Waals surface area contributed by atoms with Gasteiger partial charge in [-0.05, 0) is 68.8 Å². The quantitative estimate of drug-likeness (QED) is 0.755. The molecule has 0 aromatic heterocycles. The third-order valence-corrected chi connectivity index (χ3v) is 5.63. The molecule has 0 radical (unpaired) electrons. The molecule has 1 saturated heterocycles. The average Bonchev–Trinajstić information content (AvgIpc) is 2.73. The SMILES string of the molecule is CC(c1ccc(F)cc1)N1CCC(C(=O)c2ccc3c(c2)OCCO3)CC1. The predicted octanol–water partition coefficient (Wildman–Crippen LogP) is 4.25. The lowest BCUT2D eigenvalue weighted by Gasteiger charge is -2.35. The molecule has 2 heterocycles. The van der Waals surface area contributed by atoms with E-state index in [1.165, 1.54) is 12.1 Å². The maximum Gasteiger partial charge on any atom is 0.166 e. The van der Waals surface area contributed by atoms with Crippen molar-refractivity contribution >= 4 is 5.78 Å². The minimum atomic E-state index is -0.213. The maximum absolute atomic E-state index is 13.1. The van der Waals surface area contributed by atoms with Crippen LogP contribution in [0.4, 0.5) is 4.39 Å². The topological polar surface area (TPSA) is 38.8 Å². The molecule has 5 heteroatoms. The predicted molar refractivity (Wildman–Crippen MR) is 101 cm³/mol. The molecule has 142 valence electrons. The van der Waals surface area contributed by atoms with Gasteiger partial charge in [0.1, 0.15) is 19.0 Å². The van der Waals surface area contributed by atoms with Gasteiger partial charge in [-0.25, -0.2) is 4.39 Å². The Kier molecular flexibility index (Phi) is 5.12. The highest BCUT2D eigenvalue weighted by molar-refractivity contribution is 5.98. The number of carbonyl (C=O) groups excluding carboxylic acids is 1. The van der Waals surface area contributed by atoms with Crippen LogP contribution in [0.2, 0.25) is 0 Å². The molecule has 2 aromatic rings. The van der Waals surface area contributed by atoms with E-state index in [1.54, 1.807) is 0 Å². The molecule has 1 atom stereocenters. The molecule has 2 aliphatic heterocycles. The Morgan fingerprint density at radius 2 is 1.70 bits per heavy atom. The van der Waals surface area contributed by atoms with E-state index >= 15 is 0 Å².